The van der Waals surface area contributed by atoms with E-state index in [4.69, 9.17) is 0 Å². The zero-order valence-electron chi connectivity index (χ0n) is 12.3. The predicted molar refractivity (Wildman–Crippen MR) is 78.0 cm³/mol. The average Bonchev–Trinajstić information content (AvgIpc) is 2.97. The number of carbonyl (C=O) groups is 2. The van der Waals surface area contributed by atoms with E-state index in [2.05, 4.69) is 15.6 Å². The van der Waals surface area contributed by atoms with Crippen LogP contribution in [0.25, 0.3) is 0 Å². The monoisotopic (exact) mass is 291 g/mol. The molecule has 1 unspecified atom stereocenters. The normalized spacial score (nSPS) is 21.4. The number of aromatic nitrogens is 2. The van der Waals surface area contributed by atoms with Gasteiger partial charge in [0.05, 0.1) is 5.92 Å². The molecule has 1 saturated heterocycles. The van der Waals surface area contributed by atoms with Gasteiger partial charge in [0.2, 0.25) is 11.9 Å². The molecule has 3 heterocycles. The summed E-state index contributed by atoms with van der Waals surface area (Å²) in [6.07, 6.45) is 4.55. The second-order valence-corrected chi connectivity index (χ2v) is 5.63. The molecular formula is C14H21N5O2. The van der Waals surface area contributed by atoms with Gasteiger partial charge in [-0.1, -0.05) is 0 Å². The van der Waals surface area contributed by atoms with Gasteiger partial charge in [0.25, 0.3) is 5.91 Å². The Morgan fingerprint density at radius 1 is 1.38 bits per heavy atom. The molecule has 7 heteroatoms. The van der Waals surface area contributed by atoms with Crippen molar-refractivity contribution in [2.75, 3.05) is 32.0 Å². The standard InChI is InChI=1S/C14H21N5O2/c1-15-12(20)10-4-2-6-18(8-10)13(21)11-9-19-7-3-5-16-14(19)17-11/h9-10H,2-8H2,1H3,(H,15,20)(H,16,17). The Balaban J connectivity index is 1.72. The van der Waals surface area contributed by atoms with Gasteiger partial charge in [0, 0.05) is 39.4 Å². The van der Waals surface area contributed by atoms with Gasteiger partial charge in [-0.05, 0) is 19.3 Å². The summed E-state index contributed by atoms with van der Waals surface area (Å²) in [6, 6.07) is 0. The van der Waals surface area contributed by atoms with Crippen LogP contribution in [0.15, 0.2) is 6.20 Å². The third kappa shape index (κ3) is 2.72. The molecular weight excluding hydrogens is 270 g/mol. The Bertz CT molecular complexity index is 530. The predicted octanol–water partition coefficient (Wildman–Crippen LogP) is 0.297. The number of amides is 2. The van der Waals surface area contributed by atoms with Gasteiger partial charge in [-0.2, -0.15) is 0 Å². The summed E-state index contributed by atoms with van der Waals surface area (Å²) in [5.74, 6) is 0.595. The lowest BCUT2D eigenvalue weighted by molar-refractivity contribution is -0.125. The lowest BCUT2D eigenvalue weighted by Gasteiger charge is -2.31. The van der Waals surface area contributed by atoms with Gasteiger partial charge >= 0.3 is 0 Å². The quantitative estimate of drug-likeness (QED) is 0.821. The van der Waals surface area contributed by atoms with Crippen molar-refractivity contribution in [2.45, 2.75) is 25.8 Å². The third-order valence-electron chi connectivity index (χ3n) is 4.18. The van der Waals surface area contributed by atoms with E-state index in [1.807, 2.05) is 10.8 Å². The summed E-state index contributed by atoms with van der Waals surface area (Å²) in [6.45, 7) is 2.96. The number of rotatable bonds is 2. The number of hydrogen-bond donors (Lipinski definition) is 2. The van der Waals surface area contributed by atoms with Crippen molar-refractivity contribution in [3.8, 4) is 0 Å². The largest absolute Gasteiger partial charge is 0.359 e. The number of nitrogens with one attached hydrogen (secondary N) is 2. The van der Waals surface area contributed by atoms with Gasteiger partial charge in [-0.3, -0.25) is 9.59 Å². The molecule has 1 fully saturated rings. The topological polar surface area (TPSA) is 79.3 Å². The first kappa shape index (κ1) is 13.9. The van der Waals surface area contributed by atoms with Crippen LogP contribution in [-0.2, 0) is 11.3 Å². The fourth-order valence-electron chi connectivity index (χ4n) is 3.02. The number of fused-ring (bicyclic) bond motifs is 1. The van der Waals surface area contributed by atoms with Crippen LogP contribution >= 0.6 is 0 Å². The van der Waals surface area contributed by atoms with Gasteiger partial charge in [0.15, 0.2) is 0 Å². The highest BCUT2D eigenvalue weighted by Gasteiger charge is 2.29. The molecule has 114 valence electrons. The zero-order chi connectivity index (χ0) is 14.8. The Hall–Kier alpha value is -2.05. The molecule has 1 aromatic heterocycles. The lowest BCUT2D eigenvalue weighted by atomic mass is 9.97. The number of piperidine rings is 1. The molecule has 1 atom stereocenters. The third-order valence-corrected chi connectivity index (χ3v) is 4.18. The second kappa shape index (κ2) is 5.75. The summed E-state index contributed by atoms with van der Waals surface area (Å²) in [4.78, 5) is 30.4. The van der Waals surface area contributed by atoms with Crippen molar-refractivity contribution in [2.24, 2.45) is 5.92 Å². The van der Waals surface area contributed by atoms with Crippen LogP contribution < -0.4 is 10.6 Å². The number of imidazole rings is 1. The number of carbonyl (C=O) groups excluding carboxylic acids is 2. The van der Waals surface area contributed by atoms with Gasteiger partial charge in [-0.15, -0.1) is 0 Å². The lowest BCUT2D eigenvalue weighted by Crippen LogP contribution is -2.44. The number of anilines is 1. The summed E-state index contributed by atoms with van der Waals surface area (Å²) in [5.41, 5.74) is 0.469. The first-order valence-electron chi connectivity index (χ1n) is 7.51. The van der Waals surface area contributed by atoms with Crippen LogP contribution in [0, 0.1) is 5.92 Å². The second-order valence-electron chi connectivity index (χ2n) is 5.63. The number of nitrogens with zero attached hydrogens (tertiary/aromatic N) is 3. The molecule has 0 aliphatic carbocycles. The highest BCUT2D eigenvalue weighted by atomic mass is 16.2. The fraction of sp³-hybridized carbons (Fsp3) is 0.643. The highest BCUT2D eigenvalue weighted by Crippen LogP contribution is 2.20. The van der Waals surface area contributed by atoms with Crippen molar-refractivity contribution < 1.29 is 9.59 Å². The van der Waals surface area contributed by atoms with E-state index >= 15 is 0 Å². The van der Waals surface area contributed by atoms with E-state index in [0.717, 1.165) is 38.3 Å². The number of likely N-dealkylation sites (tertiary alicyclic amines) is 1. The summed E-state index contributed by atoms with van der Waals surface area (Å²) in [5, 5.41) is 5.86. The summed E-state index contributed by atoms with van der Waals surface area (Å²) < 4.78 is 1.98. The molecule has 0 spiro atoms. The van der Waals surface area contributed by atoms with E-state index in [1.54, 1.807) is 11.9 Å². The molecule has 2 amide bonds. The molecule has 7 nitrogen and oxygen atoms in total. The summed E-state index contributed by atoms with van der Waals surface area (Å²) >= 11 is 0. The van der Waals surface area contributed by atoms with Crippen LogP contribution in [-0.4, -0.2) is 52.9 Å². The maximum atomic E-state index is 12.6. The first-order valence-corrected chi connectivity index (χ1v) is 7.51. The van der Waals surface area contributed by atoms with Crippen molar-refractivity contribution in [3.05, 3.63) is 11.9 Å². The molecule has 0 bridgehead atoms. The van der Waals surface area contributed by atoms with Crippen LogP contribution in [0.1, 0.15) is 29.8 Å². The zero-order valence-corrected chi connectivity index (χ0v) is 12.3. The number of aryl methyl sites for hydroxylation is 1. The minimum atomic E-state index is -0.108. The maximum Gasteiger partial charge on any atom is 0.274 e. The molecule has 0 radical (unpaired) electrons. The molecule has 3 rings (SSSR count). The Morgan fingerprint density at radius 3 is 3.00 bits per heavy atom. The Kier molecular flexibility index (Phi) is 3.81. The molecule has 21 heavy (non-hydrogen) atoms. The van der Waals surface area contributed by atoms with E-state index in [1.165, 1.54) is 0 Å². The minimum Gasteiger partial charge on any atom is -0.359 e. The van der Waals surface area contributed by atoms with Crippen LogP contribution in [0.2, 0.25) is 0 Å². The van der Waals surface area contributed by atoms with Gasteiger partial charge in [0.1, 0.15) is 5.69 Å². The molecule has 0 saturated carbocycles. The van der Waals surface area contributed by atoms with Crippen molar-refractivity contribution in [1.82, 2.24) is 19.8 Å². The van der Waals surface area contributed by atoms with Crippen molar-refractivity contribution in [3.63, 3.8) is 0 Å². The molecule has 2 aliphatic heterocycles. The highest BCUT2D eigenvalue weighted by molar-refractivity contribution is 5.93. The van der Waals surface area contributed by atoms with Crippen LogP contribution in [0.5, 0.6) is 0 Å². The SMILES string of the molecule is CNC(=O)C1CCCN(C(=O)c2cn3c(n2)NCCC3)C1. The smallest absolute Gasteiger partial charge is 0.274 e. The molecule has 0 aromatic carbocycles. The van der Waals surface area contributed by atoms with E-state index in [9.17, 15) is 9.59 Å². The summed E-state index contributed by atoms with van der Waals surface area (Å²) in [7, 11) is 1.64. The molecule has 1 aromatic rings. The van der Waals surface area contributed by atoms with Gasteiger partial charge in [-0.25, -0.2) is 4.98 Å². The van der Waals surface area contributed by atoms with E-state index in [0.29, 0.717) is 18.8 Å². The Labute approximate surface area is 123 Å². The number of hydrogen-bond acceptors (Lipinski definition) is 4. The maximum absolute atomic E-state index is 12.6. The van der Waals surface area contributed by atoms with E-state index < -0.39 is 0 Å². The van der Waals surface area contributed by atoms with Crippen molar-refractivity contribution in [1.29, 1.82) is 0 Å². The molecule has 2 aliphatic rings. The Morgan fingerprint density at radius 2 is 2.24 bits per heavy atom. The minimum absolute atomic E-state index is 0.0123. The van der Waals surface area contributed by atoms with Gasteiger partial charge < -0.3 is 20.1 Å². The molecule has 2 N–H and O–H groups in total. The van der Waals surface area contributed by atoms with Crippen molar-refractivity contribution >= 4 is 17.8 Å². The van der Waals surface area contributed by atoms with E-state index in [-0.39, 0.29) is 17.7 Å². The first-order chi connectivity index (χ1) is 10.2. The average molecular weight is 291 g/mol. The fourth-order valence-corrected chi connectivity index (χ4v) is 3.02. The van der Waals surface area contributed by atoms with Crippen LogP contribution in [0.3, 0.4) is 0 Å². The van der Waals surface area contributed by atoms with Crippen LogP contribution in [0.4, 0.5) is 5.95 Å².